The Kier molecular flexibility index (Phi) is 5.27. The molecule has 8 nitrogen and oxygen atoms in total. The second-order valence-electron chi connectivity index (χ2n) is 8.38. The Labute approximate surface area is 180 Å². The van der Waals surface area contributed by atoms with Crippen LogP contribution < -0.4 is 4.90 Å². The van der Waals surface area contributed by atoms with E-state index in [0.29, 0.717) is 18.6 Å². The molecule has 162 valence electrons. The van der Waals surface area contributed by atoms with Gasteiger partial charge in [-0.3, -0.25) is 14.7 Å². The minimum absolute atomic E-state index is 0.0458. The number of benzene rings is 1. The van der Waals surface area contributed by atoms with Gasteiger partial charge in [-0.2, -0.15) is 0 Å². The number of piperazine rings is 1. The summed E-state index contributed by atoms with van der Waals surface area (Å²) >= 11 is 0. The van der Waals surface area contributed by atoms with E-state index in [-0.39, 0.29) is 17.6 Å². The molecule has 2 saturated heterocycles. The first-order chi connectivity index (χ1) is 15.1. The topological polar surface area (TPSA) is 70.4 Å². The summed E-state index contributed by atoms with van der Waals surface area (Å²) in [5, 5.41) is 9.02. The van der Waals surface area contributed by atoms with Crippen molar-refractivity contribution < 1.29 is 9.18 Å². The molecule has 31 heavy (non-hydrogen) atoms. The van der Waals surface area contributed by atoms with Crippen LogP contribution in [0, 0.1) is 11.7 Å². The van der Waals surface area contributed by atoms with E-state index in [4.69, 9.17) is 0 Å². The number of hydrogen-bond acceptors (Lipinski definition) is 6. The van der Waals surface area contributed by atoms with Crippen molar-refractivity contribution in [1.82, 2.24) is 29.5 Å². The summed E-state index contributed by atoms with van der Waals surface area (Å²) in [7, 11) is 1.94. The molecule has 2 aliphatic rings. The van der Waals surface area contributed by atoms with Gasteiger partial charge in [-0.15, -0.1) is 10.2 Å². The van der Waals surface area contributed by atoms with Crippen LogP contribution in [0.4, 0.5) is 10.1 Å². The second kappa shape index (κ2) is 8.22. The lowest BCUT2D eigenvalue weighted by atomic mass is 10.1. The largest absolute Gasteiger partial charge is 0.367 e. The summed E-state index contributed by atoms with van der Waals surface area (Å²) in [6, 6.07) is 6.69. The fraction of sp³-hybridized carbons (Fsp3) is 0.455. The van der Waals surface area contributed by atoms with Crippen molar-refractivity contribution in [3.05, 3.63) is 48.4 Å². The standard InChI is InChI=1S/C22H26FN7O/c1-27-15-25-26-21(27)14-28-7-5-16(13-28)22(31)30-10-8-29(9-11-30)20-4-6-24-19-12-17(23)2-3-18(19)20/h2-4,6,12,15-16H,5,7-11,13-14H2,1H3/t16-/m0/s1. The minimum atomic E-state index is -0.280. The number of anilines is 1. The van der Waals surface area contributed by atoms with Crippen molar-refractivity contribution in [1.29, 1.82) is 0 Å². The van der Waals surface area contributed by atoms with E-state index in [1.807, 2.05) is 22.6 Å². The summed E-state index contributed by atoms with van der Waals surface area (Å²) in [6.45, 7) is 5.32. The number of rotatable bonds is 4. The predicted molar refractivity (Wildman–Crippen MR) is 115 cm³/mol. The van der Waals surface area contributed by atoms with Gasteiger partial charge in [-0.1, -0.05) is 0 Å². The molecule has 2 aliphatic heterocycles. The summed E-state index contributed by atoms with van der Waals surface area (Å²) in [6.07, 6.45) is 4.31. The first kappa shape index (κ1) is 19.9. The van der Waals surface area contributed by atoms with E-state index < -0.39 is 0 Å². The van der Waals surface area contributed by atoms with Gasteiger partial charge in [0.05, 0.1) is 18.0 Å². The van der Waals surface area contributed by atoms with Gasteiger partial charge in [0.25, 0.3) is 0 Å². The summed E-state index contributed by atoms with van der Waals surface area (Å²) < 4.78 is 15.5. The molecular weight excluding hydrogens is 397 g/mol. The average molecular weight is 423 g/mol. The highest BCUT2D eigenvalue weighted by molar-refractivity contribution is 5.91. The maximum absolute atomic E-state index is 13.5. The van der Waals surface area contributed by atoms with Gasteiger partial charge in [0.1, 0.15) is 18.0 Å². The highest BCUT2D eigenvalue weighted by Crippen LogP contribution is 2.27. The van der Waals surface area contributed by atoms with Crippen molar-refractivity contribution in [2.24, 2.45) is 13.0 Å². The summed E-state index contributed by atoms with van der Waals surface area (Å²) in [5.41, 5.74) is 1.71. The van der Waals surface area contributed by atoms with Crippen LogP contribution in [-0.4, -0.2) is 74.7 Å². The molecular formula is C22H26FN7O. The molecule has 2 aromatic heterocycles. The molecule has 0 saturated carbocycles. The van der Waals surface area contributed by atoms with Crippen LogP contribution in [-0.2, 0) is 18.4 Å². The third-order valence-electron chi connectivity index (χ3n) is 6.41. The molecule has 0 bridgehead atoms. The van der Waals surface area contributed by atoms with Gasteiger partial charge in [0.15, 0.2) is 0 Å². The van der Waals surface area contributed by atoms with E-state index in [2.05, 4.69) is 25.0 Å². The lowest BCUT2D eigenvalue weighted by molar-refractivity contribution is -0.135. The van der Waals surface area contributed by atoms with Gasteiger partial charge < -0.3 is 14.4 Å². The zero-order valence-corrected chi connectivity index (χ0v) is 17.6. The lowest BCUT2D eigenvalue weighted by Crippen LogP contribution is -2.50. The van der Waals surface area contributed by atoms with Crippen molar-refractivity contribution >= 4 is 22.5 Å². The van der Waals surface area contributed by atoms with E-state index in [1.54, 1.807) is 18.6 Å². The smallest absolute Gasteiger partial charge is 0.227 e. The number of likely N-dealkylation sites (tertiary alicyclic amines) is 1. The highest BCUT2D eigenvalue weighted by atomic mass is 19.1. The predicted octanol–water partition coefficient (Wildman–Crippen LogP) is 1.67. The molecule has 4 heterocycles. The number of halogens is 1. The molecule has 0 unspecified atom stereocenters. The molecule has 9 heteroatoms. The summed E-state index contributed by atoms with van der Waals surface area (Å²) in [4.78, 5) is 23.9. The Bertz CT molecular complexity index is 1090. The Morgan fingerprint density at radius 2 is 2.00 bits per heavy atom. The van der Waals surface area contributed by atoms with Gasteiger partial charge in [-0.25, -0.2) is 4.39 Å². The number of carbonyl (C=O) groups excluding carboxylic acids is 1. The van der Waals surface area contributed by atoms with E-state index >= 15 is 0 Å². The highest BCUT2D eigenvalue weighted by Gasteiger charge is 2.33. The molecule has 0 spiro atoms. The van der Waals surface area contributed by atoms with Crippen molar-refractivity contribution in [2.75, 3.05) is 44.2 Å². The van der Waals surface area contributed by atoms with Crippen LogP contribution in [0.5, 0.6) is 0 Å². The zero-order chi connectivity index (χ0) is 21.4. The van der Waals surface area contributed by atoms with Crippen LogP contribution >= 0.6 is 0 Å². The molecule has 1 atom stereocenters. The molecule has 2 fully saturated rings. The minimum Gasteiger partial charge on any atom is -0.367 e. The van der Waals surface area contributed by atoms with Crippen LogP contribution in [0.2, 0.25) is 0 Å². The number of hydrogen-bond donors (Lipinski definition) is 0. The van der Waals surface area contributed by atoms with Gasteiger partial charge >= 0.3 is 0 Å². The van der Waals surface area contributed by atoms with Crippen LogP contribution in [0.3, 0.4) is 0 Å². The maximum Gasteiger partial charge on any atom is 0.227 e. The Morgan fingerprint density at radius 3 is 2.77 bits per heavy atom. The molecule has 1 amide bonds. The number of carbonyl (C=O) groups is 1. The van der Waals surface area contributed by atoms with E-state index in [9.17, 15) is 9.18 Å². The first-order valence-electron chi connectivity index (χ1n) is 10.7. The fourth-order valence-electron chi connectivity index (χ4n) is 4.64. The van der Waals surface area contributed by atoms with Crippen LogP contribution in [0.1, 0.15) is 12.2 Å². The monoisotopic (exact) mass is 423 g/mol. The molecule has 0 N–H and O–H groups in total. The number of fused-ring (bicyclic) bond motifs is 1. The zero-order valence-electron chi connectivity index (χ0n) is 17.6. The quantitative estimate of drug-likeness (QED) is 0.636. The lowest BCUT2D eigenvalue weighted by Gasteiger charge is -2.37. The number of pyridine rings is 1. The molecule has 5 rings (SSSR count). The van der Waals surface area contributed by atoms with Crippen molar-refractivity contribution in [2.45, 2.75) is 13.0 Å². The van der Waals surface area contributed by atoms with E-state index in [1.165, 1.54) is 12.1 Å². The third kappa shape index (κ3) is 3.97. The Morgan fingerprint density at radius 1 is 1.16 bits per heavy atom. The molecule has 3 aromatic rings. The van der Waals surface area contributed by atoms with Crippen molar-refractivity contribution in [3.8, 4) is 0 Å². The average Bonchev–Trinajstić information content (AvgIpc) is 3.42. The van der Waals surface area contributed by atoms with Gasteiger partial charge in [-0.05, 0) is 31.2 Å². The number of nitrogens with zero attached hydrogens (tertiary/aromatic N) is 7. The Balaban J connectivity index is 1.19. The first-order valence-corrected chi connectivity index (χ1v) is 10.7. The number of amides is 1. The molecule has 1 aromatic carbocycles. The van der Waals surface area contributed by atoms with Crippen LogP contribution in [0.25, 0.3) is 10.9 Å². The SMILES string of the molecule is Cn1cnnc1CN1CC[C@H](C(=O)N2CCN(c3ccnc4cc(F)ccc34)CC2)C1. The summed E-state index contributed by atoms with van der Waals surface area (Å²) in [5.74, 6) is 0.940. The molecule has 0 radical (unpaired) electrons. The van der Waals surface area contributed by atoms with Crippen LogP contribution in [0.15, 0.2) is 36.8 Å². The molecule has 0 aliphatic carbocycles. The van der Waals surface area contributed by atoms with Gasteiger partial charge in [0, 0.05) is 63.1 Å². The second-order valence-corrected chi connectivity index (χ2v) is 8.38. The fourth-order valence-corrected chi connectivity index (χ4v) is 4.64. The maximum atomic E-state index is 13.5. The third-order valence-corrected chi connectivity index (χ3v) is 6.41. The Hall–Kier alpha value is -3.07. The van der Waals surface area contributed by atoms with E-state index in [0.717, 1.165) is 56.0 Å². The number of aryl methyl sites for hydroxylation is 1. The van der Waals surface area contributed by atoms with Crippen molar-refractivity contribution in [3.63, 3.8) is 0 Å². The van der Waals surface area contributed by atoms with Gasteiger partial charge in [0.2, 0.25) is 5.91 Å². The number of aromatic nitrogens is 4. The normalized spacial score (nSPS) is 20.0.